The number of nitrogens with one attached hydrogen (secondary N) is 2. The Morgan fingerprint density at radius 2 is 1.52 bits per heavy atom. The maximum atomic E-state index is 12.1. The van der Waals surface area contributed by atoms with E-state index in [0.29, 0.717) is 23.8 Å². The Kier molecular flexibility index (Phi) is 14.4. The standard InChI is InChI=1S/C32H39N3O12S/c1-7-41-24-11-8-22(9-12-24)15-33-32(48)35-34-16-23-10-13-25(26(14-23)40-6)46-31-30(45-21(5)39)29(44-20(4)38)28(43-19(3)37)27(47-31)17-42-18(2)36/h8-14,16,27-31H,7,15,17H2,1-6H3,(H2,33,35,48)/b34-16-/t27-,28-,29+,30-,31-/m0/s1. The van der Waals surface area contributed by atoms with E-state index in [-0.39, 0.29) is 11.5 Å². The van der Waals surface area contributed by atoms with E-state index in [1.807, 2.05) is 31.2 Å². The van der Waals surface area contributed by atoms with Crippen molar-refractivity contribution in [1.29, 1.82) is 0 Å². The zero-order valence-electron chi connectivity index (χ0n) is 27.4. The Morgan fingerprint density at radius 3 is 2.12 bits per heavy atom. The molecule has 15 nitrogen and oxygen atoms in total. The second kappa shape index (κ2) is 18.4. The van der Waals surface area contributed by atoms with Crippen molar-refractivity contribution in [2.45, 2.75) is 71.9 Å². The van der Waals surface area contributed by atoms with E-state index in [2.05, 4.69) is 15.8 Å². The Balaban J connectivity index is 1.76. The molecule has 1 fully saturated rings. The van der Waals surface area contributed by atoms with Gasteiger partial charge in [0.1, 0.15) is 18.5 Å². The molecule has 1 aliphatic heterocycles. The number of hydrogen-bond acceptors (Lipinski definition) is 14. The lowest BCUT2D eigenvalue weighted by Gasteiger charge is -2.44. The lowest BCUT2D eigenvalue weighted by Crippen LogP contribution is -2.63. The number of ether oxygens (including phenoxy) is 8. The fraction of sp³-hybridized carbons (Fsp3) is 0.438. The minimum atomic E-state index is -1.43. The van der Waals surface area contributed by atoms with Crippen LogP contribution in [-0.2, 0) is 49.4 Å². The predicted molar refractivity (Wildman–Crippen MR) is 173 cm³/mol. The maximum Gasteiger partial charge on any atom is 0.303 e. The average molecular weight is 690 g/mol. The van der Waals surface area contributed by atoms with Gasteiger partial charge < -0.3 is 43.2 Å². The smallest absolute Gasteiger partial charge is 0.303 e. The van der Waals surface area contributed by atoms with Crippen molar-refractivity contribution in [1.82, 2.24) is 10.7 Å². The summed E-state index contributed by atoms with van der Waals surface area (Å²) in [6.07, 6.45) is -5.20. The van der Waals surface area contributed by atoms with E-state index in [0.717, 1.165) is 32.1 Å². The molecule has 16 heteroatoms. The summed E-state index contributed by atoms with van der Waals surface area (Å²) in [5.41, 5.74) is 4.35. The summed E-state index contributed by atoms with van der Waals surface area (Å²) < 4.78 is 44.4. The third-order valence-electron chi connectivity index (χ3n) is 6.45. The van der Waals surface area contributed by atoms with Gasteiger partial charge >= 0.3 is 23.9 Å². The molecule has 0 radical (unpaired) electrons. The molecule has 2 aromatic carbocycles. The summed E-state index contributed by atoms with van der Waals surface area (Å²) in [7, 11) is 1.41. The van der Waals surface area contributed by atoms with E-state index in [4.69, 9.17) is 50.1 Å². The summed E-state index contributed by atoms with van der Waals surface area (Å²) in [4.78, 5) is 47.8. The van der Waals surface area contributed by atoms with E-state index in [9.17, 15) is 19.2 Å². The summed E-state index contributed by atoms with van der Waals surface area (Å²) in [6, 6.07) is 12.4. The fourth-order valence-electron chi connectivity index (χ4n) is 4.53. The van der Waals surface area contributed by atoms with Crippen LogP contribution in [0.25, 0.3) is 0 Å². The second-order valence-corrected chi connectivity index (χ2v) is 10.6. The number of esters is 4. The molecule has 48 heavy (non-hydrogen) atoms. The van der Waals surface area contributed by atoms with Crippen LogP contribution >= 0.6 is 12.2 Å². The van der Waals surface area contributed by atoms with Crippen LogP contribution in [-0.4, -0.2) is 86.2 Å². The first-order chi connectivity index (χ1) is 22.9. The number of benzene rings is 2. The molecular weight excluding hydrogens is 650 g/mol. The number of hydrogen-bond donors (Lipinski definition) is 2. The molecule has 0 bridgehead atoms. The van der Waals surface area contributed by atoms with Crippen LogP contribution in [0.3, 0.4) is 0 Å². The zero-order chi connectivity index (χ0) is 35.2. The number of nitrogens with zero attached hydrogens (tertiary/aromatic N) is 1. The molecule has 1 heterocycles. The molecule has 1 aliphatic rings. The van der Waals surface area contributed by atoms with Crippen molar-refractivity contribution in [2.75, 3.05) is 20.3 Å². The molecule has 3 rings (SSSR count). The molecule has 5 atom stereocenters. The van der Waals surface area contributed by atoms with Crippen LogP contribution in [0.1, 0.15) is 45.7 Å². The summed E-state index contributed by atoms with van der Waals surface area (Å²) >= 11 is 5.30. The highest BCUT2D eigenvalue weighted by atomic mass is 32.1. The Hall–Kier alpha value is -4.96. The Morgan fingerprint density at radius 1 is 0.875 bits per heavy atom. The quantitative estimate of drug-likeness (QED) is 0.0971. The third kappa shape index (κ3) is 11.7. The van der Waals surface area contributed by atoms with E-state index < -0.39 is 61.2 Å². The molecule has 0 spiro atoms. The van der Waals surface area contributed by atoms with Gasteiger partial charge in [-0.15, -0.1) is 0 Å². The summed E-state index contributed by atoms with van der Waals surface area (Å²) in [6.45, 7) is 7.18. The topological polar surface area (TPSA) is 179 Å². The maximum absolute atomic E-state index is 12.1. The van der Waals surface area contributed by atoms with Gasteiger partial charge in [-0.05, 0) is 60.6 Å². The van der Waals surface area contributed by atoms with Crippen LogP contribution in [0.15, 0.2) is 47.6 Å². The third-order valence-corrected chi connectivity index (χ3v) is 6.68. The van der Waals surface area contributed by atoms with Crippen molar-refractivity contribution in [3.05, 3.63) is 53.6 Å². The molecule has 0 unspecified atom stereocenters. The second-order valence-electron chi connectivity index (χ2n) is 10.2. The Labute approximate surface area is 283 Å². The number of rotatable bonds is 14. The van der Waals surface area contributed by atoms with Crippen molar-refractivity contribution < 1.29 is 57.1 Å². The molecule has 260 valence electrons. The number of carbonyl (C=O) groups is 4. The highest BCUT2D eigenvalue weighted by Crippen LogP contribution is 2.34. The van der Waals surface area contributed by atoms with Gasteiger partial charge in [-0.2, -0.15) is 5.10 Å². The van der Waals surface area contributed by atoms with Crippen LogP contribution in [0.2, 0.25) is 0 Å². The average Bonchev–Trinajstić information content (AvgIpc) is 3.02. The number of methoxy groups -OCH3 is 1. The molecule has 0 amide bonds. The van der Waals surface area contributed by atoms with Crippen LogP contribution < -0.4 is 25.0 Å². The van der Waals surface area contributed by atoms with Crippen LogP contribution in [0, 0.1) is 0 Å². The first-order valence-electron chi connectivity index (χ1n) is 14.8. The molecular formula is C32H39N3O12S. The fourth-order valence-corrected chi connectivity index (χ4v) is 4.65. The van der Waals surface area contributed by atoms with Crippen molar-refractivity contribution in [2.24, 2.45) is 5.10 Å². The van der Waals surface area contributed by atoms with Crippen LogP contribution in [0.5, 0.6) is 17.2 Å². The lowest BCUT2D eigenvalue weighted by atomic mass is 9.98. The van der Waals surface area contributed by atoms with E-state index >= 15 is 0 Å². The number of thiocarbonyl (C=S) groups is 1. The molecule has 2 N–H and O–H groups in total. The van der Waals surface area contributed by atoms with Crippen molar-refractivity contribution in [3.8, 4) is 17.2 Å². The molecule has 0 saturated carbocycles. The van der Waals surface area contributed by atoms with Gasteiger partial charge in [0.05, 0.1) is 19.9 Å². The van der Waals surface area contributed by atoms with Crippen molar-refractivity contribution >= 4 is 47.4 Å². The Bertz CT molecular complexity index is 1470. The minimum absolute atomic E-state index is 0.149. The first kappa shape index (κ1) is 37.5. The normalized spacial score (nSPS) is 20.2. The highest BCUT2D eigenvalue weighted by Gasteiger charge is 2.53. The predicted octanol–water partition coefficient (Wildman–Crippen LogP) is 2.55. The largest absolute Gasteiger partial charge is 0.494 e. The summed E-state index contributed by atoms with van der Waals surface area (Å²) in [5.74, 6) is -1.72. The van der Waals surface area contributed by atoms with Gasteiger partial charge in [-0.1, -0.05) is 12.1 Å². The van der Waals surface area contributed by atoms with Gasteiger partial charge in [-0.3, -0.25) is 24.6 Å². The van der Waals surface area contributed by atoms with Crippen LogP contribution in [0.4, 0.5) is 0 Å². The zero-order valence-corrected chi connectivity index (χ0v) is 28.2. The van der Waals surface area contributed by atoms with Gasteiger partial charge in [0, 0.05) is 34.2 Å². The van der Waals surface area contributed by atoms with E-state index in [1.165, 1.54) is 20.2 Å². The number of carbonyl (C=O) groups excluding carboxylic acids is 4. The van der Waals surface area contributed by atoms with Gasteiger partial charge in [-0.25, -0.2) is 0 Å². The summed E-state index contributed by atoms with van der Waals surface area (Å²) in [5, 5.41) is 7.53. The molecule has 0 aliphatic carbocycles. The monoisotopic (exact) mass is 689 g/mol. The van der Waals surface area contributed by atoms with Crippen molar-refractivity contribution in [3.63, 3.8) is 0 Å². The van der Waals surface area contributed by atoms with E-state index in [1.54, 1.807) is 18.2 Å². The minimum Gasteiger partial charge on any atom is -0.494 e. The number of hydrazone groups is 1. The SMILES string of the molecule is CCOc1ccc(CNC(=S)N/N=C\c2ccc(O[C@H]3O[C@@H](COC(C)=O)[C@H](OC(C)=O)[C@@H](OC(C)=O)[C@@H]3OC(C)=O)c(OC)c2)cc1. The van der Waals surface area contributed by atoms with Gasteiger partial charge in [0.15, 0.2) is 28.8 Å². The lowest BCUT2D eigenvalue weighted by molar-refractivity contribution is -0.288. The first-order valence-corrected chi connectivity index (χ1v) is 15.2. The van der Waals surface area contributed by atoms with Gasteiger partial charge in [0.2, 0.25) is 12.4 Å². The highest BCUT2D eigenvalue weighted by molar-refractivity contribution is 7.80. The molecule has 0 aromatic heterocycles. The molecule has 1 saturated heterocycles. The van der Waals surface area contributed by atoms with Gasteiger partial charge in [0.25, 0.3) is 0 Å². The molecule has 2 aromatic rings.